The monoisotopic (exact) mass is 522 g/mol. The first-order valence-electron chi connectivity index (χ1n) is 10.8. The highest BCUT2D eigenvalue weighted by molar-refractivity contribution is 6.02. The number of aromatic nitrogens is 1. The summed E-state index contributed by atoms with van der Waals surface area (Å²) in [6, 6.07) is 7.21. The number of aryl methyl sites for hydroxylation is 1. The Kier molecular flexibility index (Phi) is 7.01. The number of carbonyl (C=O) groups is 1. The van der Waals surface area contributed by atoms with Crippen LogP contribution >= 0.6 is 0 Å². The number of alkyl halides is 3. The molecule has 0 atom stereocenters. The largest absolute Gasteiger partial charge is 0.573 e. The Hall–Kier alpha value is -4.22. The van der Waals surface area contributed by atoms with E-state index in [1.54, 1.807) is 6.92 Å². The normalized spacial score (nSPS) is 13.4. The average molecular weight is 522 g/mol. The third kappa shape index (κ3) is 5.79. The fraction of sp³-hybridized carbons (Fsp3) is 0.240. The van der Waals surface area contributed by atoms with E-state index >= 15 is 4.39 Å². The van der Waals surface area contributed by atoms with Crippen molar-refractivity contribution in [3.05, 3.63) is 70.4 Å². The van der Waals surface area contributed by atoms with E-state index in [-0.39, 0.29) is 36.5 Å². The van der Waals surface area contributed by atoms with Crippen molar-refractivity contribution in [3.8, 4) is 28.5 Å². The number of aromatic hydroxyl groups is 1. The van der Waals surface area contributed by atoms with Crippen LogP contribution in [0.3, 0.4) is 0 Å². The molecule has 0 spiro atoms. The molecule has 0 aliphatic carbocycles. The van der Waals surface area contributed by atoms with Gasteiger partial charge in [-0.25, -0.2) is 18.6 Å². The van der Waals surface area contributed by atoms with E-state index < -0.39 is 41.0 Å². The highest BCUT2D eigenvalue weighted by Crippen LogP contribution is 2.36. The maximum Gasteiger partial charge on any atom is 0.573 e. The van der Waals surface area contributed by atoms with Crippen LogP contribution in [0.1, 0.15) is 28.8 Å². The van der Waals surface area contributed by atoms with Crippen LogP contribution in [0, 0.1) is 25.5 Å². The molecule has 1 N–H and O–H groups in total. The van der Waals surface area contributed by atoms with Crippen molar-refractivity contribution in [1.82, 2.24) is 4.98 Å². The van der Waals surface area contributed by atoms with Gasteiger partial charge in [-0.1, -0.05) is 11.2 Å². The molecule has 37 heavy (non-hydrogen) atoms. The predicted molar refractivity (Wildman–Crippen MR) is 120 cm³/mol. The maximum atomic E-state index is 15.1. The highest BCUT2D eigenvalue weighted by atomic mass is 19.4. The molecule has 0 amide bonds. The summed E-state index contributed by atoms with van der Waals surface area (Å²) in [6.45, 7) is 3.11. The van der Waals surface area contributed by atoms with E-state index in [0.29, 0.717) is 22.5 Å². The third-order valence-electron chi connectivity index (χ3n) is 5.57. The summed E-state index contributed by atoms with van der Waals surface area (Å²) in [5.41, 5.74) is 1.34. The summed E-state index contributed by atoms with van der Waals surface area (Å²) >= 11 is 0. The molecule has 3 aromatic rings. The molecule has 2 aromatic carbocycles. The first-order valence-corrected chi connectivity index (χ1v) is 10.8. The van der Waals surface area contributed by atoms with Crippen LogP contribution in [0.5, 0.6) is 17.2 Å². The third-order valence-corrected chi connectivity index (χ3v) is 5.57. The zero-order chi connectivity index (χ0) is 26.9. The summed E-state index contributed by atoms with van der Waals surface area (Å²) in [4.78, 5) is 19.8. The first kappa shape index (κ1) is 25.9. The van der Waals surface area contributed by atoms with Gasteiger partial charge in [0.2, 0.25) is 0 Å². The molecular formula is C25H19F5N2O5. The highest BCUT2D eigenvalue weighted by Gasteiger charge is 2.33. The zero-order valence-corrected chi connectivity index (χ0v) is 19.4. The van der Waals surface area contributed by atoms with Gasteiger partial charge in [-0.2, -0.15) is 0 Å². The second kappa shape index (κ2) is 10.0. The fourth-order valence-electron chi connectivity index (χ4n) is 3.79. The lowest BCUT2D eigenvalue weighted by Gasteiger charge is -2.16. The molecule has 1 aromatic heterocycles. The number of hydrogen-bond acceptors (Lipinski definition) is 7. The van der Waals surface area contributed by atoms with E-state index in [9.17, 15) is 27.5 Å². The predicted octanol–water partition coefficient (Wildman–Crippen LogP) is 5.52. The second-order valence-electron chi connectivity index (χ2n) is 8.21. The Morgan fingerprint density at radius 1 is 1.08 bits per heavy atom. The van der Waals surface area contributed by atoms with E-state index in [2.05, 4.69) is 19.7 Å². The van der Waals surface area contributed by atoms with Crippen molar-refractivity contribution in [2.45, 2.75) is 33.1 Å². The lowest BCUT2D eigenvalue weighted by Crippen LogP contribution is -2.18. The molecule has 4 rings (SSSR count). The summed E-state index contributed by atoms with van der Waals surface area (Å²) in [7, 11) is 0. The van der Waals surface area contributed by atoms with Crippen molar-refractivity contribution in [1.29, 1.82) is 0 Å². The van der Waals surface area contributed by atoms with Crippen LogP contribution in [-0.4, -0.2) is 34.7 Å². The molecule has 2 heterocycles. The topological polar surface area (TPSA) is 90.2 Å². The second-order valence-corrected chi connectivity index (χ2v) is 8.21. The first-order chi connectivity index (χ1) is 17.4. The van der Waals surface area contributed by atoms with Gasteiger partial charge in [-0.15, -0.1) is 13.2 Å². The summed E-state index contributed by atoms with van der Waals surface area (Å²) in [5, 5.41) is 13.8. The van der Waals surface area contributed by atoms with Gasteiger partial charge in [0.25, 0.3) is 0 Å². The van der Waals surface area contributed by atoms with Crippen LogP contribution in [-0.2, 0) is 16.1 Å². The van der Waals surface area contributed by atoms with Crippen molar-refractivity contribution >= 4 is 11.7 Å². The van der Waals surface area contributed by atoms with Crippen LogP contribution in [0.15, 0.2) is 41.6 Å². The fourth-order valence-corrected chi connectivity index (χ4v) is 3.79. The molecule has 0 unspecified atom stereocenters. The smallest absolute Gasteiger partial charge is 0.506 e. The SMILES string of the molecule is Cc1cc(OCC2=NOC(=O)C2)c(F)c(C)c1Cc1ccc(O)c(-c2cccc(OC(F)(F)F)c2F)n1. The average Bonchev–Trinajstić information content (AvgIpc) is 3.25. The van der Waals surface area contributed by atoms with Crippen molar-refractivity contribution < 1.29 is 46.2 Å². The van der Waals surface area contributed by atoms with Crippen LogP contribution in [0.4, 0.5) is 22.0 Å². The van der Waals surface area contributed by atoms with E-state index in [0.717, 1.165) is 18.2 Å². The quantitative estimate of drug-likeness (QED) is 0.325. The van der Waals surface area contributed by atoms with Crippen LogP contribution in [0.2, 0.25) is 0 Å². The van der Waals surface area contributed by atoms with E-state index in [1.807, 2.05) is 0 Å². The van der Waals surface area contributed by atoms with Crippen molar-refractivity contribution in [2.75, 3.05) is 6.61 Å². The minimum absolute atomic E-state index is 0.0433. The Labute approximate surface area is 207 Å². The van der Waals surface area contributed by atoms with Crippen molar-refractivity contribution in [2.24, 2.45) is 5.16 Å². The van der Waals surface area contributed by atoms with Gasteiger partial charge in [0.1, 0.15) is 23.8 Å². The Morgan fingerprint density at radius 3 is 2.51 bits per heavy atom. The molecule has 194 valence electrons. The maximum absolute atomic E-state index is 15.1. The zero-order valence-electron chi connectivity index (χ0n) is 19.4. The number of oxime groups is 1. The molecule has 7 nitrogen and oxygen atoms in total. The molecule has 1 aliphatic heterocycles. The summed E-state index contributed by atoms with van der Waals surface area (Å²) < 4.78 is 76.8. The minimum atomic E-state index is -5.11. The Balaban J connectivity index is 1.61. The van der Waals surface area contributed by atoms with Crippen molar-refractivity contribution in [3.63, 3.8) is 0 Å². The summed E-state index contributed by atoms with van der Waals surface area (Å²) in [5.74, 6) is -4.11. The standard InChI is InChI=1S/C25H19F5N2O5/c1-12-8-20(35-11-15-10-21(34)37-32-15)22(26)13(2)17(12)9-14-6-7-18(33)24(31-14)16-4-3-5-19(23(16)27)36-25(28,29)30/h3-8,33H,9-11H2,1-2H3. The number of halogens is 5. The molecule has 1 aliphatic rings. The van der Waals surface area contributed by atoms with Gasteiger partial charge in [-0.05, 0) is 60.9 Å². The van der Waals surface area contributed by atoms with E-state index in [1.165, 1.54) is 25.1 Å². The van der Waals surface area contributed by atoms with Crippen LogP contribution in [0.25, 0.3) is 11.3 Å². The molecule has 0 radical (unpaired) electrons. The minimum Gasteiger partial charge on any atom is -0.506 e. The van der Waals surface area contributed by atoms with E-state index in [4.69, 9.17) is 4.74 Å². The molecule has 0 fully saturated rings. The summed E-state index contributed by atoms with van der Waals surface area (Å²) in [6.07, 6.45) is -5.09. The molecule has 0 saturated carbocycles. The molecule has 0 saturated heterocycles. The molecular weight excluding hydrogens is 503 g/mol. The van der Waals surface area contributed by atoms with Gasteiger partial charge in [0.05, 0.1) is 6.42 Å². The number of hydrogen-bond donors (Lipinski definition) is 1. The van der Waals surface area contributed by atoms with Crippen LogP contribution < -0.4 is 9.47 Å². The lowest BCUT2D eigenvalue weighted by atomic mass is 9.96. The van der Waals surface area contributed by atoms with Gasteiger partial charge in [0.15, 0.2) is 23.1 Å². The number of carbonyl (C=O) groups excluding carboxylic acids is 1. The number of rotatable bonds is 7. The van der Waals surface area contributed by atoms with Gasteiger partial charge in [-0.3, -0.25) is 0 Å². The number of benzene rings is 2. The lowest BCUT2D eigenvalue weighted by molar-refractivity contribution is -0.275. The Bertz CT molecular complexity index is 1410. The number of ether oxygens (including phenoxy) is 2. The molecule has 0 bridgehead atoms. The Morgan fingerprint density at radius 2 is 1.84 bits per heavy atom. The number of pyridine rings is 1. The molecule has 12 heteroatoms. The van der Waals surface area contributed by atoms with Gasteiger partial charge < -0.3 is 19.4 Å². The van der Waals surface area contributed by atoms with Gasteiger partial charge in [0, 0.05) is 17.7 Å². The number of nitrogens with zero attached hydrogens (tertiary/aromatic N) is 2. The van der Waals surface area contributed by atoms with Gasteiger partial charge >= 0.3 is 12.3 Å².